The first-order chi connectivity index (χ1) is 14.5. The Labute approximate surface area is 178 Å². The molecule has 30 heavy (non-hydrogen) atoms. The van der Waals surface area contributed by atoms with E-state index in [1.807, 2.05) is 17.5 Å². The summed E-state index contributed by atoms with van der Waals surface area (Å²) >= 11 is 1.42. The molecule has 1 aromatic heterocycles. The Morgan fingerprint density at radius 3 is 2.40 bits per heavy atom. The van der Waals surface area contributed by atoms with E-state index in [2.05, 4.69) is 15.4 Å². The van der Waals surface area contributed by atoms with Crippen molar-refractivity contribution in [3.8, 4) is 0 Å². The minimum absolute atomic E-state index is 0.0184. The van der Waals surface area contributed by atoms with Crippen molar-refractivity contribution >= 4 is 40.7 Å². The minimum Gasteiger partial charge on any atom is -0.468 e. The number of nitrogens with one attached hydrogen (secondary N) is 2. The van der Waals surface area contributed by atoms with Crippen molar-refractivity contribution in [3.05, 3.63) is 52.2 Å². The predicted octanol–water partition coefficient (Wildman–Crippen LogP) is 2.14. The predicted molar refractivity (Wildman–Crippen MR) is 112 cm³/mol. The highest BCUT2D eigenvalue weighted by Crippen LogP contribution is 2.22. The van der Waals surface area contributed by atoms with Crippen molar-refractivity contribution < 1.29 is 23.9 Å². The van der Waals surface area contributed by atoms with Crippen molar-refractivity contribution in [1.29, 1.82) is 0 Å². The second-order valence-electron chi connectivity index (χ2n) is 6.87. The molecule has 0 bridgehead atoms. The molecule has 0 atom stereocenters. The van der Waals surface area contributed by atoms with Gasteiger partial charge in [0.05, 0.1) is 12.0 Å². The van der Waals surface area contributed by atoms with Gasteiger partial charge in [-0.1, -0.05) is 6.07 Å². The molecule has 3 rings (SSSR count). The Balaban J connectivity index is 1.47. The summed E-state index contributed by atoms with van der Waals surface area (Å²) in [4.78, 5) is 50.5. The maximum atomic E-state index is 12.6. The third-order valence-electron chi connectivity index (χ3n) is 4.92. The summed E-state index contributed by atoms with van der Waals surface area (Å²) in [5, 5.41) is 7.19. The monoisotopic (exact) mass is 429 g/mol. The van der Waals surface area contributed by atoms with E-state index >= 15 is 0 Å². The van der Waals surface area contributed by atoms with Crippen LogP contribution in [0, 0.1) is 5.92 Å². The Bertz CT molecular complexity index is 903. The highest BCUT2D eigenvalue weighted by atomic mass is 32.1. The van der Waals surface area contributed by atoms with Crippen LogP contribution in [0.25, 0.3) is 0 Å². The zero-order valence-electron chi connectivity index (χ0n) is 16.6. The smallest absolute Gasteiger partial charge is 0.325 e. The van der Waals surface area contributed by atoms with Gasteiger partial charge >= 0.3 is 5.97 Å². The van der Waals surface area contributed by atoms with Crippen LogP contribution in [0.5, 0.6) is 0 Å². The van der Waals surface area contributed by atoms with Gasteiger partial charge in [0.1, 0.15) is 6.54 Å². The number of anilines is 1. The highest BCUT2D eigenvalue weighted by Gasteiger charge is 2.28. The molecule has 2 heterocycles. The number of hydrogen-bond donors (Lipinski definition) is 2. The SMILES string of the molecule is COC(=O)CNC(=O)c1ccc(NC(=O)C2CCN(C(=O)c3cccs3)CC2)cc1. The first kappa shape index (κ1) is 21.5. The van der Waals surface area contributed by atoms with E-state index in [0.717, 1.165) is 0 Å². The number of amides is 3. The molecule has 2 aromatic rings. The number of esters is 1. The molecule has 9 heteroatoms. The molecule has 1 aromatic carbocycles. The van der Waals surface area contributed by atoms with E-state index in [-0.39, 0.29) is 24.3 Å². The van der Waals surface area contributed by atoms with Crippen LogP contribution in [0.15, 0.2) is 41.8 Å². The maximum Gasteiger partial charge on any atom is 0.325 e. The molecule has 1 aliphatic rings. The Morgan fingerprint density at radius 1 is 1.10 bits per heavy atom. The lowest BCUT2D eigenvalue weighted by Crippen LogP contribution is -2.41. The number of hydrogen-bond acceptors (Lipinski definition) is 6. The molecule has 1 saturated heterocycles. The van der Waals surface area contributed by atoms with Gasteiger partial charge in [-0.25, -0.2) is 0 Å². The summed E-state index contributed by atoms with van der Waals surface area (Å²) in [6, 6.07) is 10.1. The second-order valence-corrected chi connectivity index (χ2v) is 7.82. The number of rotatable bonds is 6. The quantitative estimate of drug-likeness (QED) is 0.685. The standard InChI is InChI=1S/C21H23N3O5S/c1-29-18(25)13-22-19(26)14-4-6-16(7-5-14)23-20(27)15-8-10-24(11-9-15)21(28)17-3-2-12-30-17/h2-7,12,15H,8-11,13H2,1H3,(H,22,26)(H,23,27). The number of carbonyl (C=O) groups excluding carboxylic acids is 4. The van der Waals surface area contributed by atoms with E-state index in [1.54, 1.807) is 29.2 Å². The maximum absolute atomic E-state index is 12.6. The average Bonchev–Trinajstić information content (AvgIpc) is 3.32. The van der Waals surface area contributed by atoms with Crippen LogP contribution in [-0.2, 0) is 14.3 Å². The fourth-order valence-corrected chi connectivity index (χ4v) is 3.87. The number of nitrogens with zero attached hydrogens (tertiary/aromatic N) is 1. The summed E-state index contributed by atoms with van der Waals surface area (Å²) in [6.07, 6.45) is 1.22. The van der Waals surface area contributed by atoms with E-state index in [9.17, 15) is 19.2 Å². The first-order valence-corrected chi connectivity index (χ1v) is 10.4. The van der Waals surface area contributed by atoms with Crippen molar-refractivity contribution in [1.82, 2.24) is 10.2 Å². The van der Waals surface area contributed by atoms with Crippen LogP contribution < -0.4 is 10.6 Å². The van der Waals surface area contributed by atoms with Gasteiger partial charge in [0.2, 0.25) is 5.91 Å². The van der Waals surface area contributed by atoms with Crippen molar-refractivity contribution in [2.24, 2.45) is 5.92 Å². The Morgan fingerprint density at radius 2 is 1.80 bits per heavy atom. The van der Waals surface area contributed by atoms with Crippen LogP contribution in [0.1, 0.15) is 32.9 Å². The second kappa shape index (κ2) is 10.0. The average molecular weight is 429 g/mol. The van der Waals surface area contributed by atoms with Crippen LogP contribution in [0.3, 0.4) is 0 Å². The summed E-state index contributed by atoms with van der Waals surface area (Å²) in [5.41, 5.74) is 0.957. The molecule has 8 nitrogen and oxygen atoms in total. The zero-order chi connectivity index (χ0) is 21.5. The van der Waals surface area contributed by atoms with Crippen LogP contribution in [0.4, 0.5) is 5.69 Å². The van der Waals surface area contributed by atoms with Crippen molar-refractivity contribution in [2.45, 2.75) is 12.8 Å². The molecule has 3 amide bonds. The summed E-state index contributed by atoms with van der Waals surface area (Å²) in [7, 11) is 1.25. The van der Waals surface area contributed by atoms with Gasteiger partial charge in [-0.15, -0.1) is 11.3 Å². The summed E-state index contributed by atoms with van der Waals surface area (Å²) in [5.74, 6) is -1.18. The zero-order valence-corrected chi connectivity index (χ0v) is 17.4. The molecule has 1 fully saturated rings. The molecule has 1 aliphatic heterocycles. The van der Waals surface area contributed by atoms with Gasteiger partial charge < -0.3 is 20.3 Å². The molecule has 0 aliphatic carbocycles. The number of ether oxygens (including phenoxy) is 1. The van der Waals surface area contributed by atoms with Gasteiger partial charge in [0.25, 0.3) is 11.8 Å². The molecule has 0 unspecified atom stereocenters. The molecule has 0 spiro atoms. The number of likely N-dealkylation sites (tertiary alicyclic amines) is 1. The molecule has 2 N–H and O–H groups in total. The van der Waals surface area contributed by atoms with Gasteiger partial charge in [0.15, 0.2) is 0 Å². The molecular formula is C21H23N3O5S. The lowest BCUT2D eigenvalue weighted by atomic mass is 9.95. The minimum atomic E-state index is -0.532. The Kier molecular flexibility index (Phi) is 7.18. The first-order valence-electron chi connectivity index (χ1n) is 9.56. The van der Waals surface area contributed by atoms with E-state index in [4.69, 9.17) is 0 Å². The third-order valence-corrected chi connectivity index (χ3v) is 5.78. The lowest BCUT2D eigenvalue weighted by molar-refractivity contribution is -0.139. The Hall–Kier alpha value is -3.20. The number of methoxy groups -OCH3 is 1. The van der Waals surface area contributed by atoms with Gasteiger partial charge in [-0.05, 0) is 48.6 Å². The van der Waals surface area contributed by atoms with Crippen molar-refractivity contribution in [3.63, 3.8) is 0 Å². The largest absolute Gasteiger partial charge is 0.468 e. The number of benzene rings is 1. The number of piperidine rings is 1. The van der Waals surface area contributed by atoms with Crippen LogP contribution in [0.2, 0.25) is 0 Å². The van der Waals surface area contributed by atoms with Crippen LogP contribution >= 0.6 is 11.3 Å². The van der Waals surface area contributed by atoms with Crippen molar-refractivity contribution in [2.75, 3.05) is 32.1 Å². The lowest BCUT2D eigenvalue weighted by Gasteiger charge is -2.31. The van der Waals surface area contributed by atoms with Crippen LogP contribution in [-0.4, -0.2) is 55.3 Å². The molecule has 158 valence electrons. The van der Waals surface area contributed by atoms with Gasteiger partial charge in [-0.2, -0.15) is 0 Å². The topological polar surface area (TPSA) is 105 Å². The fourth-order valence-electron chi connectivity index (χ4n) is 3.18. The molecule has 0 radical (unpaired) electrons. The van der Waals surface area contributed by atoms with Gasteiger partial charge in [0, 0.05) is 30.3 Å². The fraction of sp³-hybridized carbons (Fsp3) is 0.333. The summed E-state index contributed by atoms with van der Waals surface area (Å²) < 4.78 is 4.47. The van der Waals surface area contributed by atoms with E-state index in [0.29, 0.717) is 42.1 Å². The summed E-state index contributed by atoms with van der Waals surface area (Å²) in [6.45, 7) is 0.893. The normalized spacial score (nSPS) is 14.1. The van der Waals surface area contributed by atoms with Gasteiger partial charge in [-0.3, -0.25) is 19.2 Å². The molecular weight excluding hydrogens is 406 g/mol. The molecule has 0 saturated carbocycles. The third kappa shape index (κ3) is 5.44. The highest BCUT2D eigenvalue weighted by molar-refractivity contribution is 7.12. The number of thiophene rings is 1. The number of carbonyl (C=O) groups is 4. The van der Waals surface area contributed by atoms with E-state index in [1.165, 1.54) is 18.4 Å². The van der Waals surface area contributed by atoms with E-state index < -0.39 is 11.9 Å².